The highest BCUT2D eigenvalue weighted by molar-refractivity contribution is 6.22. The van der Waals surface area contributed by atoms with Gasteiger partial charge in [-0.2, -0.15) is 0 Å². The number of halogens is 2. The Balaban J connectivity index is 1.41. The largest absolute Gasteiger partial charge is 0.297 e. The number of rotatable bonds is 4. The summed E-state index contributed by atoms with van der Waals surface area (Å²) in [6, 6.07) is 12.5. The number of amides is 2. The molecule has 2 aliphatic heterocycles. The molecule has 7 heteroatoms. The Kier molecular flexibility index (Phi) is 5.19. The summed E-state index contributed by atoms with van der Waals surface area (Å²) in [5.41, 5.74) is 1.06. The van der Waals surface area contributed by atoms with Crippen LogP contribution in [0.3, 0.4) is 0 Å². The van der Waals surface area contributed by atoms with Gasteiger partial charge in [0.15, 0.2) is 0 Å². The van der Waals surface area contributed by atoms with Crippen LogP contribution in [0.2, 0.25) is 0 Å². The standard InChI is InChI=1S/C21H21F2N3O2/c22-16-6-7-18(17(23)12-16)26-20(27)13-19(21(26)28)25-10-8-24(9-11-25)14-15-4-2-1-3-5-15/h1-7,12,19H,8-11,13-14H2/t19-/m0/s1. The first kappa shape index (κ1) is 18.7. The summed E-state index contributed by atoms with van der Waals surface area (Å²) in [5.74, 6) is -2.54. The SMILES string of the molecule is O=C1C[C@H](N2CCN(Cc3ccccc3)CC2)C(=O)N1c1ccc(F)cc1F. The first-order valence-electron chi connectivity index (χ1n) is 9.35. The maximum absolute atomic E-state index is 14.1. The lowest BCUT2D eigenvalue weighted by Crippen LogP contribution is -2.52. The molecule has 5 nitrogen and oxygen atoms in total. The molecule has 2 amide bonds. The van der Waals surface area contributed by atoms with Crippen LogP contribution < -0.4 is 4.90 Å². The van der Waals surface area contributed by atoms with Crippen LogP contribution >= 0.6 is 0 Å². The van der Waals surface area contributed by atoms with Gasteiger partial charge >= 0.3 is 0 Å². The lowest BCUT2D eigenvalue weighted by atomic mass is 10.1. The average Bonchev–Trinajstić information content (AvgIpc) is 2.98. The van der Waals surface area contributed by atoms with Gasteiger partial charge in [0.05, 0.1) is 18.2 Å². The van der Waals surface area contributed by atoms with E-state index >= 15 is 0 Å². The molecule has 0 N–H and O–H groups in total. The number of piperazine rings is 1. The maximum Gasteiger partial charge on any atom is 0.251 e. The number of carbonyl (C=O) groups excluding carboxylic acids is 2. The van der Waals surface area contributed by atoms with Crippen molar-refractivity contribution in [1.29, 1.82) is 0 Å². The van der Waals surface area contributed by atoms with Crippen molar-refractivity contribution in [2.75, 3.05) is 31.1 Å². The van der Waals surface area contributed by atoms with Crippen LogP contribution in [-0.2, 0) is 16.1 Å². The van der Waals surface area contributed by atoms with E-state index < -0.39 is 29.5 Å². The molecule has 146 valence electrons. The van der Waals surface area contributed by atoms with Crippen LogP contribution in [0, 0.1) is 11.6 Å². The van der Waals surface area contributed by atoms with Crippen LogP contribution in [-0.4, -0.2) is 53.8 Å². The number of benzene rings is 2. The van der Waals surface area contributed by atoms with Gasteiger partial charge < -0.3 is 0 Å². The third-order valence-electron chi connectivity index (χ3n) is 5.37. The van der Waals surface area contributed by atoms with Gasteiger partial charge in [-0.25, -0.2) is 13.7 Å². The number of imide groups is 1. The van der Waals surface area contributed by atoms with E-state index in [4.69, 9.17) is 0 Å². The van der Waals surface area contributed by atoms with E-state index in [0.29, 0.717) is 19.2 Å². The fourth-order valence-electron chi connectivity index (χ4n) is 3.89. The lowest BCUT2D eigenvalue weighted by Gasteiger charge is -2.37. The van der Waals surface area contributed by atoms with E-state index in [0.717, 1.165) is 36.7 Å². The van der Waals surface area contributed by atoms with E-state index in [9.17, 15) is 18.4 Å². The summed E-state index contributed by atoms with van der Waals surface area (Å²) in [7, 11) is 0. The van der Waals surface area contributed by atoms with E-state index in [2.05, 4.69) is 17.0 Å². The molecular formula is C21H21F2N3O2. The molecule has 2 saturated heterocycles. The Labute approximate surface area is 162 Å². The Morgan fingerprint density at radius 1 is 0.929 bits per heavy atom. The molecule has 0 bridgehead atoms. The van der Waals surface area contributed by atoms with Crippen LogP contribution in [0.1, 0.15) is 12.0 Å². The maximum atomic E-state index is 14.1. The Morgan fingerprint density at radius 3 is 2.32 bits per heavy atom. The van der Waals surface area contributed by atoms with Crippen molar-refractivity contribution in [2.45, 2.75) is 19.0 Å². The highest BCUT2D eigenvalue weighted by atomic mass is 19.1. The number of carbonyl (C=O) groups is 2. The van der Waals surface area contributed by atoms with Gasteiger partial charge in [-0.05, 0) is 17.7 Å². The monoisotopic (exact) mass is 385 g/mol. The van der Waals surface area contributed by atoms with Crippen molar-refractivity contribution >= 4 is 17.5 Å². The Morgan fingerprint density at radius 2 is 1.64 bits per heavy atom. The van der Waals surface area contributed by atoms with Crippen LogP contribution in [0.5, 0.6) is 0 Å². The van der Waals surface area contributed by atoms with Gasteiger partial charge in [0.2, 0.25) is 5.91 Å². The van der Waals surface area contributed by atoms with Crippen molar-refractivity contribution in [3.63, 3.8) is 0 Å². The zero-order valence-electron chi connectivity index (χ0n) is 15.4. The fraction of sp³-hybridized carbons (Fsp3) is 0.333. The number of hydrogen-bond acceptors (Lipinski definition) is 4. The molecule has 0 aliphatic carbocycles. The van der Waals surface area contributed by atoms with Crippen molar-refractivity contribution < 1.29 is 18.4 Å². The molecule has 0 aromatic heterocycles. The van der Waals surface area contributed by atoms with E-state index in [1.54, 1.807) is 0 Å². The highest BCUT2D eigenvalue weighted by Crippen LogP contribution is 2.29. The summed E-state index contributed by atoms with van der Waals surface area (Å²) in [6.45, 7) is 3.75. The smallest absolute Gasteiger partial charge is 0.251 e. The van der Waals surface area contributed by atoms with Gasteiger partial charge in [0.25, 0.3) is 5.91 Å². The molecular weight excluding hydrogens is 364 g/mol. The van der Waals surface area contributed by atoms with Crippen LogP contribution in [0.15, 0.2) is 48.5 Å². The predicted molar refractivity (Wildman–Crippen MR) is 101 cm³/mol. The second kappa shape index (κ2) is 7.77. The number of hydrogen-bond donors (Lipinski definition) is 0. The number of anilines is 1. The minimum atomic E-state index is -0.907. The molecule has 2 heterocycles. The van der Waals surface area contributed by atoms with E-state index in [-0.39, 0.29) is 12.1 Å². The Hall–Kier alpha value is -2.64. The summed E-state index contributed by atoms with van der Waals surface area (Å²) >= 11 is 0. The molecule has 0 saturated carbocycles. The van der Waals surface area contributed by atoms with Crippen molar-refractivity contribution in [1.82, 2.24) is 9.80 Å². The van der Waals surface area contributed by atoms with Crippen LogP contribution in [0.25, 0.3) is 0 Å². The quantitative estimate of drug-likeness (QED) is 0.759. The molecule has 0 radical (unpaired) electrons. The van der Waals surface area contributed by atoms with E-state index in [1.807, 2.05) is 23.1 Å². The highest BCUT2D eigenvalue weighted by Gasteiger charge is 2.44. The first-order valence-corrected chi connectivity index (χ1v) is 9.35. The van der Waals surface area contributed by atoms with Gasteiger partial charge in [0, 0.05) is 38.8 Å². The summed E-state index contributed by atoms with van der Waals surface area (Å²) < 4.78 is 27.2. The molecule has 2 fully saturated rings. The first-order chi connectivity index (χ1) is 13.5. The minimum Gasteiger partial charge on any atom is -0.297 e. The third-order valence-corrected chi connectivity index (χ3v) is 5.37. The van der Waals surface area contributed by atoms with E-state index in [1.165, 1.54) is 5.56 Å². The predicted octanol–water partition coefficient (Wildman–Crippen LogP) is 2.41. The molecule has 0 spiro atoms. The van der Waals surface area contributed by atoms with Crippen molar-refractivity contribution in [3.05, 3.63) is 65.7 Å². The molecule has 1 atom stereocenters. The third kappa shape index (κ3) is 3.68. The normalized spacial score (nSPS) is 21.5. The number of nitrogens with zero attached hydrogens (tertiary/aromatic N) is 3. The summed E-state index contributed by atoms with van der Waals surface area (Å²) in [5, 5.41) is 0. The molecule has 0 unspecified atom stereocenters. The van der Waals surface area contributed by atoms with Crippen molar-refractivity contribution in [2.24, 2.45) is 0 Å². The van der Waals surface area contributed by atoms with Gasteiger partial charge in [-0.15, -0.1) is 0 Å². The molecule has 2 aromatic carbocycles. The topological polar surface area (TPSA) is 43.9 Å². The van der Waals surface area contributed by atoms with Crippen LogP contribution in [0.4, 0.5) is 14.5 Å². The molecule has 2 aromatic rings. The van der Waals surface area contributed by atoms with Gasteiger partial charge in [0.1, 0.15) is 11.6 Å². The second-order valence-electron chi connectivity index (χ2n) is 7.18. The van der Waals surface area contributed by atoms with Gasteiger partial charge in [-0.3, -0.25) is 19.4 Å². The zero-order chi connectivity index (χ0) is 19.7. The van der Waals surface area contributed by atoms with Gasteiger partial charge in [-0.1, -0.05) is 30.3 Å². The molecule has 4 rings (SSSR count). The average molecular weight is 385 g/mol. The summed E-state index contributed by atoms with van der Waals surface area (Å²) in [4.78, 5) is 30.4. The summed E-state index contributed by atoms with van der Waals surface area (Å²) in [6.07, 6.45) is 0.0222. The lowest BCUT2D eigenvalue weighted by molar-refractivity contribution is -0.123. The second-order valence-corrected chi connectivity index (χ2v) is 7.18. The molecule has 28 heavy (non-hydrogen) atoms. The fourth-order valence-corrected chi connectivity index (χ4v) is 3.89. The zero-order valence-corrected chi connectivity index (χ0v) is 15.4. The van der Waals surface area contributed by atoms with Crippen molar-refractivity contribution in [3.8, 4) is 0 Å². The minimum absolute atomic E-state index is 0.0222. The molecule has 2 aliphatic rings. The Bertz CT molecular complexity index is 882.